The van der Waals surface area contributed by atoms with Gasteiger partial charge in [0.05, 0.1) is 13.2 Å². The summed E-state index contributed by atoms with van der Waals surface area (Å²) in [4.78, 5) is 6.74. The van der Waals surface area contributed by atoms with Crippen molar-refractivity contribution in [1.82, 2.24) is 4.98 Å². The van der Waals surface area contributed by atoms with Crippen LogP contribution in [-0.2, 0) is 4.74 Å². The van der Waals surface area contributed by atoms with Gasteiger partial charge in [-0.2, -0.15) is 0 Å². The summed E-state index contributed by atoms with van der Waals surface area (Å²) in [5.74, 6) is 0. The first-order valence-electron chi connectivity index (χ1n) is 6.66. The van der Waals surface area contributed by atoms with E-state index in [2.05, 4.69) is 28.9 Å². The first-order chi connectivity index (χ1) is 9.16. The average Bonchev–Trinajstić information content (AvgIpc) is 2.40. The van der Waals surface area contributed by atoms with Crippen LogP contribution < -0.4 is 10.6 Å². The summed E-state index contributed by atoms with van der Waals surface area (Å²) in [6, 6.07) is 6.58. The zero-order valence-corrected chi connectivity index (χ0v) is 11.4. The van der Waals surface area contributed by atoms with Crippen molar-refractivity contribution in [3.63, 3.8) is 0 Å². The number of rotatable bonds is 1. The first kappa shape index (κ1) is 12.2. The van der Waals surface area contributed by atoms with E-state index in [-0.39, 0.29) is 0 Å². The van der Waals surface area contributed by atoms with Gasteiger partial charge in [-0.05, 0) is 32.0 Å². The van der Waals surface area contributed by atoms with Crippen LogP contribution in [0.25, 0.3) is 10.8 Å². The third kappa shape index (κ3) is 2.12. The largest absolute Gasteiger partial charge is 0.398 e. The Labute approximate surface area is 113 Å². The summed E-state index contributed by atoms with van der Waals surface area (Å²) < 4.78 is 5.51. The molecule has 100 valence electrons. The second kappa shape index (κ2) is 4.70. The van der Waals surface area contributed by atoms with Crippen LogP contribution >= 0.6 is 0 Å². The standard InChI is InChI=1S/C15H19N3O/c1-10-7-12-13(8-17-10)14(16)3-4-15(12)18-5-6-19-9-11(18)2/h3-4,7-8,11H,5-6,9,16H2,1-2H3. The number of anilines is 2. The van der Waals surface area contributed by atoms with Gasteiger partial charge in [0.2, 0.25) is 0 Å². The number of nitrogens with two attached hydrogens (primary N) is 1. The van der Waals surface area contributed by atoms with E-state index in [1.807, 2.05) is 19.2 Å². The number of fused-ring (bicyclic) bond motifs is 1. The van der Waals surface area contributed by atoms with Gasteiger partial charge in [-0.1, -0.05) is 0 Å². The fourth-order valence-electron chi connectivity index (χ4n) is 2.69. The van der Waals surface area contributed by atoms with Crippen molar-refractivity contribution < 1.29 is 4.74 Å². The molecule has 2 heterocycles. The topological polar surface area (TPSA) is 51.4 Å². The number of nitrogen functional groups attached to an aromatic ring is 1. The molecular formula is C15H19N3O. The number of hydrogen-bond donors (Lipinski definition) is 1. The highest BCUT2D eigenvalue weighted by Gasteiger charge is 2.21. The van der Waals surface area contributed by atoms with E-state index in [1.54, 1.807) is 0 Å². The van der Waals surface area contributed by atoms with Gasteiger partial charge >= 0.3 is 0 Å². The molecule has 1 aromatic heterocycles. The fraction of sp³-hybridized carbons (Fsp3) is 0.400. The highest BCUT2D eigenvalue weighted by atomic mass is 16.5. The van der Waals surface area contributed by atoms with E-state index in [1.165, 1.54) is 11.1 Å². The number of hydrogen-bond acceptors (Lipinski definition) is 4. The fourth-order valence-corrected chi connectivity index (χ4v) is 2.69. The highest BCUT2D eigenvalue weighted by Crippen LogP contribution is 2.32. The van der Waals surface area contributed by atoms with Crippen LogP contribution in [0.2, 0.25) is 0 Å². The second-order valence-electron chi connectivity index (χ2n) is 5.16. The molecule has 1 unspecified atom stereocenters. The SMILES string of the molecule is Cc1cc2c(N3CCOCC3C)ccc(N)c2cn1. The lowest BCUT2D eigenvalue weighted by Crippen LogP contribution is -2.43. The molecule has 1 aliphatic rings. The molecule has 4 heteroatoms. The molecule has 0 aliphatic carbocycles. The smallest absolute Gasteiger partial charge is 0.0668 e. The Hall–Kier alpha value is -1.81. The van der Waals surface area contributed by atoms with Crippen molar-refractivity contribution >= 4 is 22.1 Å². The minimum atomic E-state index is 0.383. The van der Waals surface area contributed by atoms with Gasteiger partial charge in [-0.3, -0.25) is 4.98 Å². The molecule has 3 rings (SSSR count). The summed E-state index contributed by atoms with van der Waals surface area (Å²) in [5.41, 5.74) is 9.08. The quantitative estimate of drug-likeness (QED) is 0.797. The number of benzene rings is 1. The van der Waals surface area contributed by atoms with Crippen LogP contribution in [0.5, 0.6) is 0 Å². The van der Waals surface area contributed by atoms with Gasteiger partial charge in [0.1, 0.15) is 0 Å². The molecule has 0 bridgehead atoms. The Balaban J connectivity index is 2.17. The third-order valence-corrected chi connectivity index (χ3v) is 3.73. The molecule has 2 aromatic rings. The molecule has 0 spiro atoms. The lowest BCUT2D eigenvalue weighted by atomic mass is 10.1. The van der Waals surface area contributed by atoms with E-state index in [0.717, 1.165) is 36.5 Å². The summed E-state index contributed by atoms with van der Waals surface area (Å²) in [5, 5.41) is 2.21. The van der Waals surface area contributed by atoms with Crippen molar-refractivity contribution in [1.29, 1.82) is 0 Å². The summed E-state index contributed by atoms with van der Waals surface area (Å²) in [6.45, 7) is 6.67. The van der Waals surface area contributed by atoms with Gasteiger partial charge in [-0.15, -0.1) is 0 Å². The van der Waals surface area contributed by atoms with Gasteiger partial charge in [0, 0.05) is 46.6 Å². The van der Waals surface area contributed by atoms with E-state index in [0.29, 0.717) is 6.04 Å². The van der Waals surface area contributed by atoms with Crippen LogP contribution in [0.15, 0.2) is 24.4 Å². The van der Waals surface area contributed by atoms with Crippen molar-refractivity contribution in [2.24, 2.45) is 0 Å². The minimum Gasteiger partial charge on any atom is -0.398 e. The molecule has 1 aliphatic heterocycles. The van der Waals surface area contributed by atoms with Crippen molar-refractivity contribution in [3.8, 4) is 0 Å². The zero-order chi connectivity index (χ0) is 13.4. The number of ether oxygens (including phenoxy) is 1. The lowest BCUT2D eigenvalue weighted by molar-refractivity contribution is 0.0991. The number of aryl methyl sites for hydroxylation is 1. The normalized spacial score (nSPS) is 19.9. The maximum Gasteiger partial charge on any atom is 0.0668 e. The van der Waals surface area contributed by atoms with E-state index in [4.69, 9.17) is 10.5 Å². The van der Waals surface area contributed by atoms with Crippen molar-refractivity contribution in [2.75, 3.05) is 30.4 Å². The number of morpholine rings is 1. The monoisotopic (exact) mass is 257 g/mol. The van der Waals surface area contributed by atoms with Crippen molar-refractivity contribution in [3.05, 3.63) is 30.1 Å². The molecule has 0 amide bonds. The summed E-state index contributed by atoms with van der Waals surface area (Å²) in [6.07, 6.45) is 1.87. The highest BCUT2D eigenvalue weighted by molar-refractivity contribution is 6.01. The first-order valence-corrected chi connectivity index (χ1v) is 6.66. The predicted molar refractivity (Wildman–Crippen MR) is 78.5 cm³/mol. The lowest BCUT2D eigenvalue weighted by Gasteiger charge is -2.36. The second-order valence-corrected chi connectivity index (χ2v) is 5.16. The van der Waals surface area contributed by atoms with E-state index in [9.17, 15) is 0 Å². The van der Waals surface area contributed by atoms with Crippen LogP contribution in [0.3, 0.4) is 0 Å². The van der Waals surface area contributed by atoms with Gasteiger partial charge in [-0.25, -0.2) is 0 Å². The minimum absolute atomic E-state index is 0.383. The number of nitrogens with zero attached hydrogens (tertiary/aromatic N) is 2. The molecule has 1 saturated heterocycles. The molecule has 19 heavy (non-hydrogen) atoms. The zero-order valence-electron chi connectivity index (χ0n) is 11.4. The molecule has 1 atom stereocenters. The predicted octanol–water partition coefficient (Wildman–Crippen LogP) is 2.35. The number of pyridine rings is 1. The molecule has 0 radical (unpaired) electrons. The summed E-state index contributed by atoms with van der Waals surface area (Å²) in [7, 11) is 0. The van der Waals surface area contributed by atoms with Crippen molar-refractivity contribution in [2.45, 2.75) is 19.9 Å². The molecule has 4 nitrogen and oxygen atoms in total. The Morgan fingerprint density at radius 3 is 3.00 bits per heavy atom. The Morgan fingerprint density at radius 2 is 2.21 bits per heavy atom. The average molecular weight is 257 g/mol. The molecule has 1 aromatic carbocycles. The Morgan fingerprint density at radius 1 is 1.37 bits per heavy atom. The van der Waals surface area contributed by atoms with E-state index >= 15 is 0 Å². The van der Waals surface area contributed by atoms with Crippen LogP contribution in [-0.4, -0.2) is 30.8 Å². The molecule has 0 saturated carbocycles. The Bertz CT molecular complexity index is 612. The molecule has 1 fully saturated rings. The third-order valence-electron chi connectivity index (χ3n) is 3.73. The maximum atomic E-state index is 6.06. The summed E-state index contributed by atoms with van der Waals surface area (Å²) >= 11 is 0. The molecule has 2 N–H and O–H groups in total. The van der Waals surface area contributed by atoms with Crippen LogP contribution in [0.1, 0.15) is 12.6 Å². The van der Waals surface area contributed by atoms with Gasteiger partial charge in [0.15, 0.2) is 0 Å². The number of aromatic nitrogens is 1. The maximum absolute atomic E-state index is 6.06. The Kier molecular flexibility index (Phi) is 3.03. The van der Waals surface area contributed by atoms with Gasteiger partial charge in [0.25, 0.3) is 0 Å². The molecular weight excluding hydrogens is 238 g/mol. The van der Waals surface area contributed by atoms with Crippen LogP contribution in [0.4, 0.5) is 11.4 Å². The van der Waals surface area contributed by atoms with E-state index < -0.39 is 0 Å². The van der Waals surface area contributed by atoms with Crippen LogP contribution in [0, 0.1) is 6.92 Å². The van der Waals surface area contributed by atoms with Gasteiger partial charge < -0.3 is 15.4 Å².